The summed E-state index contributed by atoms with van der Waals surface area (Å²) >= 11 is 6.68. The number of hydrogen-bond acceptors (Lipinski definition) is 3. The van der Waals surface area contributed by atoms with Crippen molar-refractivity contribution in [1.82, 2.24) is 0 Å². The molecule has 0 fully saturated rings. The van der Waals surface area contributed by atoms with E-state index in [1.165, 1.54) is 5.56 Å². The second kappa shape index (κ2) is 4.63. The van der Waals surface area contributed by atoms with Gasteiger partial charge >= 0.3 is 0 Å². The highest BCUT2D eigenvalue weighted by Crippen LogP contribution is 2.23. The maximum atomic E-state index is 5.69. The van der Waals surface area contributed by atoms with Crippen LogP contribution in [0, 0.1) is 6.92 Å². The molecule has 16 heavy (non-hydrogen) atoms. The standard InChI is InChI=1S/C12H12N2S2/c1-8-2-3-10(12(13)15)11(6-8)14-9-4-5-16-7-9/h2-7,14H,1H3,(H2,13,15). The first-order valence-electron chi connectivity index (χ1n) is 4.86. The summed E-state index contributed by atoms with van der Waals surface area (Å²) in [5.41, 5.74) is 9.77. The van der Waals surface area contributed by atoms with Crippen molar-refractivity contribution in [2.24, 2.45) is 5.73 Å². The minimum atomic E-state index is 0.415. The van der Waals surface area contributed by atoms with Crippen molar-refractivity contribution < 1.29 is 0 Å². The number of anilines is 2. The van der Waals surface area contributed by atoms with E-state index in [1.54, 1.807) is 11.3 Å². The van der Waals surface area contributed by atoms with E-state index < -0.39 is 0 Å². The number of thiophene rings is 1. The van der Waals surface area contributed by atoms with Crippen LogP contribution in [0.2, 0.25) is 0 Å². The van der Waals surface area contributed by atoms with Gasteiger partial charge in [0.15, 0.2) is 0 Å². The van der Waals surface area contributed by atoms with Gasteiger partial charge in [0.1, 0.15) is 4.99 Å². The predicted octanol–water partition coefficient (Wildman–Crippen LogP) is 3.43. The van der Waals surface area contributed by atoms with Crippen LogP contribution in [-0.2, 0) is 0 Å². The van der Waals surface area contributed by atoms with E-state index in [4.69, 9.17) is 18.0 Å². The molecule has 1 aromatic heterocycles. The highest BCUT2D eigenvalue weighted by molar-refractivity contribution is 7.80. The zero-order valence-corrected chi connectivity index (χ0v) is 10.5. The first-order chi connectivity index (χ1) is 7.66. The van der Waals surface area contributed by atoms with Crippen molar-refractivity contribution in [2.75, 3.05) is 5.32 Å². The summed E-state index contributed by atoms with van der Waals surface area (Å²) in [7, 11) is 0. The van der Waals surface area contributed by atoms with Crippen molar-refractivity contribution in [3.63, 3.8) is 0 Å². The SMILES string of the molecule is Cc1ccc(C(N)=S)c(Nc2ccsc2)c1. The number of nitrogens with two attached hydrogens (primary N) is 1. The van der Waals surface area contributed by atoms with Gasteiger partial charge in [0.05, 0.1) is 0 Å². The lowest BCUT2D eigenvalue weighted by molar-refractivity contribution is 1.44. The third kappa shape index (κ3) is 2.40. The Labute approximate surface area is 104 Å². The molecule has 0 saturated heterocycles. The Morgan fingerprint density at radius 1 is 1.38 bits per heavy atom. The molecule has 0 aliphatic carbocycles. The number of rotatable bonds is 3. The first kappa shape index (κ1) is 11.1. The van der Waals surface area contributed by atoms with Gasteiger partial charge in [-0.05, 0) is 36.1 Å². The summed E-state index contributed by atoms with van der Waals surface area (Å²) in [5.74, 6) is 0. The fraction of sp³-hybridized carbons (Fsp3) is 0.0833. The Hall–Kier alpha value is -1.39. The molecule has 0 unspecified atom stereocenters. The Bertz CT molecular complexity index is 504. The normalized spacial score (nSPS) is 10.1. The topological polar surface area (TPSA) is 38.0 Å². The lowest BCUT2D eigenvalue weighted by atomic mass is 10.1. The number of thiocarbonyl (C=S) groups is 1. The molecular weight excluding hydrogens is 236 g/mol. The molecular formula is C12H12N2S2. The molecule has 3 N–H and O–H groups in total. The van der Waals surface area contributed by atoms with Gasteiger partial charge in [-0.25, -0.2) is 0 Å². The Morgan fingerprint density at radius 2 is 2.19 bits per heavy atom. The number of aryl methyl sites for hydroxylation is 1. The summed E-state index contributed by atoms with van der Waals surface area (Å²) in [5, 5.41) is 7.39. The minimum absolute atomic E-state index is 0.415. The highest BCUT2D eigenvalue weighted by Gasteiger charge is 2.05. The molecule has 2 rings (SSSR count). The molecule has 0 saturated carbocycles. The number of benzene rings is 1. The van der Waals surface area contributed by atoms with E-state index in [0.717, 1.165) is 16.9 Å². The first-order valence-corrected chi connectivity index (χ1v) is 6.21. The summed E-state index contributed by atoms with van der Waals surface area (Å²) in [6.07, 6.45) is 0. The number of nitrogens with one attached hydrogen (secondary N) is 1. The molecule has 82 valence electrons. The van der Waals surface area contributed by atoms with Crippen LogP contribution in [-0.4, -0.2) is 4.99 Å². The molecule has 0 radical (unpaired) electrons. The van der Waals surface area contributed by atoms with Crippen molar-refractivity contribution in [3.05, 3.63) is 46.2 Å². The molecule has 0 aliphatic heterocycles. The van der Waals surface area contributed by atoms with E-state index in [-0.39, 0.29) is 0 Å². The second-order valence-electron chi connectivity index (χ2n) is 3.55. The van der Waals surface area contributed by atoms with Gasteiger partial charge in [0.2, 0.25) is 0 Å². The van der Waals surface area contributed by atoms with Gasteiger partial charge < -0.3 is 11.1 Å². The smallest absolute Gasteiger partial charge is 0.106 e. The van der Waals surface area contributed by atoms with Crippen LogP contribution >= 0.6 is 23.6 Å². The summed E-state index contributed by atoms with van der Waals surface area (Å²) in [6.45, 7) is 2.04. The van der Waals surface area contributed by atoms with Crippen molar-refractivity contribution in [3.8, 4) is 0 Å². The van der Waals surface area contributed by atoms with E-state index in [0.29, 0.717) is 4.99 Å². The molecule has 2 aromatic rings. The maximum absolute atomic E-state index is 5.69. The third-order valence-electron chi connectivity index (χ3n) is 2.24. The Kier molecular flexibility index (Phi) is 3.22. The maximum Gasteiger partial charge on any atom is 0.106 e. The highest BCUT2D eigenvalue weighted by atomic mass is 32.1. The van der Waals surface area contributed by atoms with Crippen LogP contribution in [0.15, 0.2) is 35.0 Å². The molecule has 1 heterocycles. The summed E-state index contributed by atoms with van der Waals surface area (Å²) in [6, 6.07) is 8.03. The molecule has 1 aromatic carbocycles. The molecule has 0 spiro atoms. The van der Waals surface area contributed by atoms with Crippen LogP contribution in [0.3, 0.4) is 0 Å². The second-order valence-corrected chi connectivity index (χ2v) is 4.77. The van der Waals surface area contributed by atoms with Gasteiger partial charge in [-0.1, -0.05) is 18.3 Å². The Balaban J connectivity index is 2.38. The van der Waals surface area contributed by atoms with Gasteiger partial charge in [-0.3, -0.25) is 0 Å². The van der Waals surface area contributed by atoms with Crippen molar-refractivity contribution in [1.29, 1.82) is 0 Å². The van der Waals surface area contributed by atoms with Crippen LogP contribution in [0.5, 0.6) is 0 Å². The van der Waals surface area contributed by atoms with Crippen LogP contribution in [0.4, 0.5) is 11.4 Å². The Morgan fingerprint density at radius 3 is 2.81 bits per heavy atom. The van der Waals surface area contributed by atoms with Crippen molar-refractivity contribution >= 4 is 39.9 Å². The van der Waals surface area contributed by atoms with E-state index in [9.17, 15) is 0 Å². The van der Waals surface area contributed by atoms with E-state index in [1.807, 2.05) is 41.9 Å². The fourth-order valence-corrected chi connectivity index (χ4v) is 2.23. The zero-order valence-electron chi connectivity index (χ0n) is 8.86. The monoisotopic (exact) mass is 248 g/mol. The average molecular weight is 248 g/mol. The third-order valence-corrected chi connectivity index (χ3v) is 3.14. The van der Waals surface area contributed by atoms with E-state index >= 15 is 0 Å². The zero-order chi connectivity index (χ0) is 11.5. The number of hydrogen-bond donors (Lipinski definition) is 2. The van der Waals surface area contributed by atoms with Gasteiger partial charge in [0, 0.05) is 22.3 Å². The van der Waals surface area contributed by atoms with Crippen LogP contribution in [0.25, 0.3) is 0 Å². The molecule has 0 bridgehead atoms. The molecule has 0 atom stereocenters. The van der Waals surface area contributed by atoms with Crippen LogP contribution < -0.4 is 11.1 Å². The van der Waals surface area contributed by atoms with Gasteiger partial charge in [0.25, 0.3) is 0 Å². The predicted molar refractivity (Wildman–Crippen MR) is 74.7 cm³/mol. The fourth-order valence-electron chi connectivity index (χ4n) is 1.47. The van der Waals surface area contributed by atoms with Crippen LogP contribution in [0.1, 0.15) is 11.1 Å². The average Bonchev–Trinajstić information content (AvgIpc) is 2.70. The molecule has 0 amide bonds. The van der Waals surface area contributed by atoms with E-state index in [2.05, 4.69) is 5.32 Å². The minimum Gasteiger partial charge on any atom is -0.389 e. The quantitative estimate of drug-likeness (QED) is 0.817. The largest absolute Gasteiger partial charge is 0.389 e. The summed E-state index contributed by atoms with van der Waals surface area (Å²) in [4.78, 5) is 0.415. The summed E-state index contributed by atoms with van der Waals surface area (Å²) < 4.78 is 0. The van der Waals surface area contributed by atoms with Gasteiger partial charge in [-0.2, -0.15) is 11.3 Å². The lowest BCUT2D eigenvalue weighted by Gasteiger charge is -2.10. The lowest BCUT2D eigenvalue weighted by Crippen LogP contribution is -2.11. The molecule has 4 heteroatoms. The molecule has 0 aliphatic rings. The molecule has 2 nitrogen and oxygen atoms in total. The van der Waals surface area contributed by atoms with Gasteiger partial charge in [-0.15, -0.1) is 0 Å². The van der Waals surface area contributed by atoms with Crippen molar-refractivity contribution in [2.45, 2.75) is 6.92 Å².